The molecule has 0 radical (unpaired) electrons. The lowest BCUT2D eigenvalue weighted by Gasteiger charge is -2.26. The Morgan fingerprint density at radius 2 is 1.81 bits per heavy atom. The van der Waals surface area contributed by atoms with Gasteiger partial charge < -0.3 is 39.2 Å². The Morgan fingerprint density at radius 3 is 2.45 bits per heavy atom. The summed E-state index contributed by atoms with van der Waals surface area (Å²) in [6.07, 6.45) is -4.36. The zero-order valence-electron chi connectivity index (χ0n) is 29.9. The molecule has 7 atom stereocenters. The molecule has 2 aliphatic rings. The molecule has 2 aromatic rings. The number of phenols is 1. The van der Waals surface area contributed by atoms with Crippen LogP contribution in [-0.4, -0.2) is 100 Å². The molecule has 2 fully saturated rings. The molecule has 3 heterocycles. The molecule has 1 aromatic carbocycles. The Kier molecular flexibility index (Phi) is 14.1. The van der Waals surface area contributed by atoms with E-state index in [-0.39, 0.29) is 23.8 Å². The van der Waals surface area contributed by atoms with Crippen molar-refractivity contribution < 1.29 is 61.8 Å². The van der Waals surface area contributed by atoms with Gasteiger partial charge in [0.2, 0.25) is 0 Å². The fourth-order valence-corrected chi connectivity index (χ4v) is 6.99. The number of aromatic nitrogens is 2. The molecule has 20 heteroatoms. The number of carbonyl (C=O) groups excluding carboxylic acids is 3. The Labute approximate surface area is 304 Å². The summed E-state index contributed by atoms with van der Waals surface area (Å²) in [4.78, 5) is 64.0. The number of aliphatic hydroxyl groups is 1. The molecule has 4 rings (SSSR count). The number of carbonyl (C=O) groups is 3. The molecule has 0 saturated carbocycles. The van der Waals surface area contributed by atoms with Crippen LogP contribution in [0.25, 0.3) is 0 Å². The van der Waals surface area contributed by atoms with Crippen LogP contribution in [0.4, 0.5) is 14.9 Å². The maximum Gasteiger partial charge on any atom is 0.646 e. The highest BCUT2D eigenvalue weighted by atomic mass is 31.1. The van der Waals surface area contributed by atoms with E-state index >= 15 is 4.39 Å². The average Bonchev–Trinajstić information content (AvgIpc) is 3.34. The number of nitrogens with zero attached hydrogens (tertiary/aromatic N) is 3. The molecule has 2 unspecified atom stereocenters. The number of para-hydroxylation sites is 2. The van der Waals surface area contributed by atoms with Gasteiger partial charge in [0.05, 0.1) is 13.2 Å². The molecule has 2 saturated heterocycles. The number of esters is 2. The van der Waals surface area contributed by atoms with E-state index in [1.165, 1.54) is 31.2 Å². The van der Waals surface area contributed by atoms with Crippen LogP contribution in [0.5, 0.6) is 5.75 Å². The lowest BCUT2D eigenvalue weighted by Crippen LogP contribution is -2.48. The number of nitrogens with one attached hydrogen (secondary N) is 1. The van der Waals surface area contributed by atoms with E-state index in [1.807, 2.05) is 0 Å². The molecule has 3 N–H and O–H groups in total. The van der Waals surface area contributed by atoms with Gasteiger partial charge in [-0.25, -0.2) is 28.1 Å². The van der Waals surface area contributed by atoms with E-state index < -0.39 is 93.1 Å². The number of amides is 1. The number of phenolic OH excluding ortho intramolecular Hbond substituents is 1. The average molecular weight is 772 g/mol. The molecule has 0 aliphatic carbocycles. The zero-order valence-corrected chi connectivity index (χ0v) is 30.8. The number of halogens is 1. The number of hydrogen-bond acceptors (Lipinski definition) is 14. The zero-order chi connectivity index (χ0) is 39.0. The minimum absolute atomic E-state index is 0.0108. The van der Waals surface area contributed by atoms with Crippen molar-refractivity contribution in [3.8, 4) is 5.75 Å². The predicted molar refractivity (Wildman–Crippen MR) is 183 cm³/mol. The van der Waals surface area contributed by atoms with Crippen LogP contribution in [0.2, 0.25) is 0 Å². The number of benzene rings is 1. The highest BCUT2D eigenvalue weighted by Gasteiger charge is 2.56. The first-order valence-corrected chi connectivity index (χ1v) is 18.0. The van der Waals surface area contributed by atoms with E-state index in [1.54, 1.807) is 13.8 Å². The molecule has 0 spiro atoms. The number of aliphatic hydroxyl groups excluding tert-OH is 1. The number of aromatic hydroxyl groups is 1. The summed E-state index contributed by atoms with van der Waals surface area (Å²) in [6, 6.07) is 4.22. The standard InChI is InChI=1S/C33H44FN4O14P/c1-19(2)51-28(42)20(3)38(23-8-6-7-9-24(23)39)53(46)50-17-25-27(41)33(4,34)30(52-25)36-13-10-26(40)37(32(36)45)18-49-29(43)22(35-31(44)47-5)16-21-11-14-48-15-12-21/h6-10,13,19-22,25,27,30,41H,11-12,14-18H2,1-5H3,(H-,35,39,44)/p+1/t20-,22?,25+,27+,30+,33+/m0/s1. The third-order valence-electron chi connectivity index (χ3n) is 8.79. The van der Waals surface area contributed by atoms with Crippen LogP contribution >= 0.6 is 8.18 Å². The van der Waals surface area contributed by atoms with Crippen molar-refractivity contribution in [2.24, 2.45) is 5.92 Å². The second kappa shape index (κ2) is 18.1. The van der Waals surface area contributed by atoms with Gasteiger partial charge in [-0.3, -0.25) is 9.36 Å². The van der Waals surface area contributed by atoms with Crippen LogP contribution in [-0.2, 0) is 49.1 Å². The largest absolute Gasteiger partial charge is 0.646 e. The van der Waals surface area contributed by atoms with Crippen LogP contribution in [0.15, 0.2) is 46.1 Å². The number of hydrogen-bond donors (Lipinski definition) is 3. The fourth-order valence-electron chi connectivity index (χ4n) is 5.86. The SMILES string of the molecule is COC(=O)NC(CC1CCOCC1)C(=O)OCn1c(=O)ccn([C@@H]2O[C@H](CO[P+](=O)N(c3ccccc3O)[C@@H](C)C(=O)OC(C)C)[C@@H](O)[C@@]2(C)F)c1=O. The number of rotatable bonds is 15. The van der Waals surface area contributed by atoms with Gasteiger partial charge in [-0.1, -0.05) is 12.1 Å². The molecule has 18 nitrogen and oxygen atoms in total. The molecule has 1 aromatic heterocycles. The fraction of sp³-hybridized carbons (Fsp3) is 0.606. The monoisotopic (exact) mass is 771 g/mol. The third kappa shape index (κ3) is 9.97. The van der Waals surface area contributed by atoms with Crippen LogP contribution in [0.3, 0.4) is 0 Å². The first kappa shape index (κ1) is 41.3. The van der Waals surface area contributed by atoms with E-state index in [2.05, 4.69) is 10.1 Å². The van der Waals surface area contributed by atoms with Gasteiger partial charge in [0, 0.05) is 25.5 Å². The highest BCUT2D eigenvalue weighted by molar-refractivity contribution is 7.41. The normalized spacial score (nSPS) is 23.2. The van der Waals surface area contributed by atoms with E-state index in [4.69, 9.17) is 23.5 Å². The third-order valence-corrected chi connectivity index (χ3v) is 10.1. The van der Waals surface area contributed by atoms with Crippen molar-refractivity contribution in [3.05, 3.63) is 57.4 Å². The second-order valence-electron chi connectivity index (χ2n) is 13.0. The van der Waals surface area contributed by atoms with Crippen molar-refractivity contribution in [2.75, 3.05) is 31.6 Å². The second-order valence-corrected chi connectivity index (χ2v) is 14.2. The van der Waals surface area contributed by atoms with Crippen LogP contribution < -0.4 is 21.2 Å². The van der Waals surface area contributed by atoms with Gasteiger partial charge in [-0.2, -0.15) is 0 Å². The van der Waals surface area contributed by atoms with Gasteiger partial charge in [0.15, 0.2) is 24.7 Å². The Bertz CT molecular complexity index is 1750. The number of methoxy groups -OCH3 is 1. The van der Waals surface area contributed by atoms with Crippen molar-refractivity contribution in [1.82, 2.24) is 14.5 Å². The molecular formula is C33H45FN4O14P+. The smallest absolute Gasteiger partial charge is 0.506 e. The molecule has 53 heavy (non-hydrogen) atoms. The van der Waals surface area contributed by atoms with Crippen molar-refractivity contribution in [1.29, 1.82) is 0 Å². The highest BCUT2D eigenvalue weighted by Crippen LogP contribution is 2.44. The van der Waals surface area contributed by atoms with Crippen molar-refractivity contribution in [2.45, 2.75) is 96.0 Å². The predicted octanol–water partition coefficient (Wildman–Crippen LogP) is 2.26. The number of anilines is 1. The topological polar surface area (TPSA) is 223 Å². The lowest BCUT2D eigenvalue weighted by molar-refractivity contribution is -0.151. The summed E-state index contributed by atoms with van der Waals surface area (Å²) >= 11 is 0. The number of ether oxygens (including phenoxy) is 5. The first-order valence-electron chi connectivity index (χ1n) is 16.9. The van der Waals surface area contributed by atoms with Gasteiger partial charge in [-0.05, 0) is 69.6 Å². The summed E-state index contributed by atoms with van der Waals surface area (Å²) < 4.78 is 63.5. The number of alkyl carbamates (subject to hydrolysis) is 1. The van der Waals surface area contributed by atoms with E-state index in [9.17, 15) is 38.8 Å². The summed E-state index contributed by atoms with van der Waals surface area (Å²) in [7, 11) is -1.89. The molecule has 292 valence electrons. The lowest BCUT2D eigenvalue weighted by atomic mass is 9.92. The maximum atomic E-state index is 16.2. The molecule has 1 amide bonds. The van der Waals surface area contributed by atoms with Gasteiger partial charge in [-0.15, -0.1) is 9.19 Å². The molecule has 0 bridgehead atoms. The summed E-state index contributed by atoms with van der Waals surface area (Å²) in [6.45, 7) is 4.90. The van der Waals surface area contributed by atoms with Crippen molar-refractivity contribution in [3.63, 3.8) is 0 Å². The van der Waals surface area contributed by atoms with Crippen LogP contribution in [0, 0.1) is 5.92 Å². The minimum atomic E-state index is -3.01. The summed E-state index contributed by atoms with van der Waals surface area (Å²) in [5.41, 5.74) is -4.79. The number of alkyl halides is 1. The van der Waals surface area contributed by atoms with Crippen molar-refractivity contribution >= 4 is 31.9 Å². The first-order chi connectivity index (χ1) is 25.1. The minimum Gasteiger partial charge on any atom is -0.506 e. The Morgan fingerprint density at radius 1 is 1.13 bits per heavy atom. The van der Waals surface area contributed by atoms with Gasteiger partial charge in [0.25, 0.3) is 5.56 Å². The molecule has 2 aliphatic heterocycles. The molecular weight excluding hydrogens is 726 g/mol. The van der Waals surface area contributed by atoms with Gasteiger partial charge in [0.1, 0.15) is 36.3 Å². The maximum absolute atomic E-state index is 16.2. The quantitative estimate of drug-likeness (QED) is 0.134. The Balaban J connectivity index is 1.50. The van der Waals surface area contributed by atoms with E-state index in [0.717, 1.165) is 31.0 Å². The van der Waals surface area contributed by atoms with Crippen LogP contribution in [0.1, 0.15) is 53.2 Å². The Hall–Kier alpha value is -4.42. The van der Waals surface area contributed by atoms with Gasteiger partial charge >= 0.3 is 31.9 Å². The summed E-state index contributed by atoms with van der Waals surface area (Å²) in [5.74, 6) is -2.05. The summed E-state index contributed by atoms with van der Waals surface area (Å²) in [5, 5.41) is 23.8. The van der Waals surface area contributed by atoms with E-state index in [0.29, 0.717) is 35.2 Å².